The van der Waals surface area contributed by atoms with Crippen molar-refractivity contribution in [3.63, 3.8) is 0 Å². The van der Waals surface area contributed by atoms with Crippen LogP contribution < -0.4 is 4.31 Å². The van der Waals surface area contributed by atoms with Crippen LogP contribution in [0.5, 0.6) is 0 Å². The summed E-state index contributed by atoms with van der Waals surface area (Å²) in [7, 11) is -1.99. The number of benzene rings is 1. The first-order valence-electron chi connectivity index (χ1n) is 6.62. The van der Waals surface area contributed by atoms with Crippen molar-refractivity contribution >= 4 is 27.0 Å². The average Bonchev–Trinajstić information content (AvgIpc) is 2.88. The van der Waals surface area contributed by atoms with Gasteiger partial charge in [0.1, 0.15) is 4.21 Å². The molecule has 2 aromatic rings. The van der Waals surface area contributed by atoms with Crippen molar-refractivity contribution in [3.8, 4) is 0 Å². The van der Waals surface area contributed by atoms with Gasteiger partial charge in [-0.1, -0.05) is 17.7 Å². The summed E-state index contributed by atoms with van der Waals surface area (Å²) in [6.45, 7) is 3.90. The highest BCUT2D eigenvalue weighted by Gasteiger charge is 2.24. The molecular weight excluding hydrogens is 306 g/mol. The van der Waals surface area contributed by atoms with Crippen LogP contribution in [0.15, 0.2) is 34.5 Å². The minimum absolute atomic E-state index is 0.0207. The summed E-state index contributed by atoms with van der Waals surface area (Å²) >= 11 is 1.21. The normalized spacial score (nSPS) is 11.6. The fraction of sp³-hybridized carbons (Fsp3) is 0.333. The van der Waals surface area contributed by atoms with Gasteiger partial charge in [-0.2, -0.15) is 0 Å². The van der Waals surface area contributed by atoms with Gasteiger partial charge >= 0.3 is 0 Å². The molecule has 114 valence electrons. The number of hydrogen-bond acceptors (Lipinski definition) is 4. The van der Waals surface area contributed by atoms with Crippen LogP contribution in [0, 0.1) is 13.8 Å². The molecule has 1 aromatic carbocycles. The van der Waals surface area contributed by atoms with Gasteiger partial charge in [-0.05, 0) is 37.6 Å². The van der Waals surface area contributed by atoms with Gasteiger partial charge in [-0.25, -0.2) is 8.42 Å². The average molecular weight is 325 g/mol. The van der Waals surface area contributed by atoms with Crippen LogP contribution in [0.1, 0.15) is 16.0 Å². The Morgan fingerprint density at radius 2 is 1.90 bits per heavy atom. The fourth-order valence-corrected chi connectivity index (χ4v) is 4.94. The second kappa shape index (κ2) is 6.17. The number of nitrogens with zero attached hydrogens (tertiary/aromatic N) is 1. The summed E-state index contributed by atoms with van der Waals surface area (Å²) in [5, 5.41) is 8.93. The van der Waals surface area contributed by atoms with E-state index in [4.69, 9.17) is 5.11 Å². The summed E-state index contributed by atoms with van der Waals surface area (Å²) in [4.78, 5) is 0.866. The van der Waals surface area contributed by atoms with Gasteiger partial charge in [0.15, 0.2) is 0 Å². The summed E-state index contributed by atoms with van der Waals surface area (Å²) in [6.07, 6.45) is 0.480. The summed E-state index contributed by atoms with van der Waals surface area (Å²) < 4.78 is 26.9. The Morgan fingerprint density at radius 3 is 2.52 bits per heavy atom. The molecule has 0 bridgehead atoms. The third kappa shape index (κ3) is 3.28. The molecule has 4 nitrogen and oxygen atoms in total. The van der Waals surface area contributed by atoms with E-state index in [1.54, 1.807) is 19.2 Å². The highest BCUT2D eigenvalue weighted by atomic mass is 32.2. The van der Waals surface area contributed by atoms with E-state index >= 15 is 0 Å². The fourth-order valence-electron chi connectivity index (χ4n) is 2.16. The maximum atomic E-state index is 12.7. The Hall–Kier alpha value is -1.37. The van der Waals surface area contributed by atoms with Crippen molar-refractivity contribution in [2.45, 2.75) is 24.5 Å². The van der Waals surface area contributed by atoms with Crippen molar-refractivity contribution in [1.82, 2.24) is 0 Å². The Balaban J connectivity index is 2.37. The van der Waals surface area contributed by atoms with Gasteiger partial charge in [0, 0.05) is 25.0 Å². The van der Waals surface area contributed by atoms with Gasteiger partial charge in [-0.3, -0.25) is 4.31 Å². The molecule has 0 aliphatic carbocycles. The molecule has 0 spiro atoms. The number of aliphatic hydroxyl groups is 1. The van der Waals surface area contributed by atoms with Crippen molar-refractivity contribution in [2.75, 3.05) is 18.0 Å². The Bertz CT molecular complexity index is 735. The lowest BCUT2D eigenvalue weighted by Gasteiger charge is -2.20. The molecule has 2 rings (SSSR count). The molecule has 1 aromatic heterocycles. The number of hydrogen-bond donors (Lipinski definition) is 1. The molecule has 0 unspecified atom stereocenters. The molecule has 0 atom stereocenters. The number of rotatable bonds is 5. The smallest absolute Gasteiger partial charge is 0.273 e. The third-order valence-electron chi connectivity index (χ3n) is 3.30. The van der Waals surface area contributed by atoms with Gasteiger partial charge in [-0.15, -0.1) is 11.3 Å². The molecule has 0 amide bonds. The zero-order valence-electron chi connectivity index (χ0n) is 12.3. The first-order valence-corrected chi connectivity index (χ1v) is 8.87. The number of aryl methyl sites for hydroxylation is 2. The number of sulfonamides is 1. The van der Waals surface area contributed by atoms with E-state index in [9.17, 15) is 8.42 Å². The van der Waals surface area contributed by atoms with Crippen molar-refractivity contribution in [2.24, 2.45) is 0 Å². The molecule has 0 aliphatic rings. The molecule has 6 heteroatoms. The molecule has 0 aliphatic heterocycles. The highest BCUT2D eigenvalue weighted by molar-refractivity contribution is 7.94. The zero-order valence-corrected chi connectivity index (χ0v) is 14.0. The van der Waals surface area contributed by atoms with Gasteiger partial charge in [0.2, 0.25) is 0 Å². The van der Waals surface area contributed by atoms with Crippen LogP contribution in [-0.4, -0.2) is 27.2 Å². The Morgan fingerprint density at radius 1 is 1.19 bits per heavy atom. The van der Waals surface area contributed by atoms with E-state index in [0.29, 0.717) is 16.3 Å². The van der Waals surface area contributed by atoms with E-state index in [2.05, 4.69) is 0 Å². The van der Waals surface area contributed by atoms with E-state index in [1.165, 1.54) is 15.6 Å². The van der Waals surface area contributed by atoms with Gasteiger partial charge in [0.25, 0.3) is 10.0 Å². The van der Waals surface area contributed by atoms with Crippen LogP contribution in [0.25, 0.3) is 0 Å². The monoisotopic (exact) mass is 325 g/mol. The molecule has 21 heavy (non-hydrogen) atoms. The molecule has 0 saturated carbocycles. The maximum absolute atomic E-state index is 12.7. The van der Waals surface area contributed by atoms with Crippen LogP contribution in [0.3, 0.4) is 0 Å². The van der Waals surface area contributed by atoms with Crippen LogP contribution >= 0.6 is 11.3 Å². The quantitative estimate of drug-likeness (QED) is 0.919. The number of thiophene rings is 1. The summed E-state index contributed by atoms with van der Waals surface area (Å²) in [5.74, 6) is 0. The van der Waals surface area contributed by atoms with Gasteiger partial charge < -0.3 is 5.11 Å². The van der Waals surface area contributed by atoms with Crippen LogP contribution in [0.2, 0.25) is 0 Å². The van der Waals surface area contributed by atoms with Gasteiger partial charge in [0.05, 0.1) is 5.69 Å². The molecule has 1 heterocycles. The Kier molecular flexibility index (Phi) is 4.70. The Labute approximate surface area is 129 Å². The largest absolute Gasteiger partial charge is 0.396 e. The minimum atomic E-state index is -3.55. The standard InChI is InChI=1S/C15H19NO3S2/c1-11-4-6-14(12(2)10-11)16(3)21(18,19)15-7-5-13(20-15)8-9-17/h4-7,10,17H,8-9H2,1-3H3. The number of anilines is 1. The van der Waals surface area contributed by atoms with Crippen LogP contribution in [0.4, 0.5) is 5.69 Å². The SMILES string of the molecule is Cc1ccc(N(C)S(=O)(=O)c2ccc(CCO)s2)c(C)c1. The lowest BCUT2D eigenvalue weighted by Crippen LogP contribution is -2.26. The molecule has 0 saturated heterocycles. The zero-order chi connectivity index (χ0) is 15.6. The minimum Gasteiger partial charge on any atom is -0.396 e. The molecule has 1 N–H and O–H groups in total. The van der Waals surface area contributed by atoms with Crippen molar-refractivity contribution < 1.29 is 13.5 Å². The summed E-state index contributed by atoms with van der Waals surface area (Å²) in [5.41, 5.74) is 2.70. The van der Waals surface area contributed by atoms with Crippen molar-refractivity contribution in [3.05, 3.63) is 46.3 Å². The van der Waals surface area contributed by atoms with E-state index < -0.39 is 10.0 Å². The van der Waals surface area contributed by atoms with E-state index in [1.807, 2.05) is 32.0 Å². The second-order valence-corrected chi connectivity index (χ2v) is 8.32. The number of aliphatic hydroxyl groups excluding tert-OH is 1. The van der Waals surface area contributed by atoms with E-state index in [-0.39, 0.29) is 6.61 Å². The van der Waals surface area contributed by atoms with Crippen molar-refractivity contribution in [1.29, 1.82) is 0 Å². The lowest BCUT2D eigenvalue weighted by atomic mass is 10.1. The summed E-state index contributed by atoms with van der Waals surface area (Å²) in [6, 6.07) is 9.05. The predicted molar refractivity (Wildman–Crippen MR) is 86.6 cm³/mol. The topological polar surface area (TPSA) is 57.6 Å². The van der Waals surface area contributed by atoms with E-state index in [0.717, 1.165) is 16.0 Å². The second-order valence-electron chi connectivity index (χ2n) is 4.96. The van der Waals surface area contributed by atoms with Crippen LogP contribution in [-0.2, 0) is 16.4 Å². The molecule has 0 fully saturated rings. The molecular formula is C15H19NO3S2. The maximum Gasteiger partial charge on any atom is 0.273 e. The highest BCUT2D eigenvalue weighted by Crippen LogP contribution is 2.29. The third-order valence-corrected chi connectivity index (χ3v) is 6.69. The first kappa shape index (κ1) is 16.0. The molecule has 0 radical (unpaired) electrons. The predicted octanol–water partition coefficient (Wildman–Crippen LogP) is 2.72. The lowest BCUT2D eigenvalue weighted by molar-refractivity contribution is 0.300. The first-order chi connectivity index (χ1) is 9.86.